The van der Waals surface area contributed by atoms with Crippen molar-refractivity contribution >= 4 is 5.91 Å². The summed E-state index contributed by atoms with van der Waals surface area (Å²) in [7, 11) is 0. The summed E-state index contributed by atoms with van der Waals surface area (Å²) in [5, 5.41) is 7.27. The number of nitrogens with one attached hydrogen (secondary N) is 1. The molecule has 0 spiro atoms. The Labute approximate surface area is 149 Å². The summed E-state index contributed by atoms with van der Waals surface area (Å²) in [6, 6.07) is 3.95. The molecule has 1 fully saturated rings. The molecular formula is C19H27N5O. The number of likely N-dealkylation sites (tertiary alicyclic amines) is 1. The maximum atomic E-state index is 12.6. The number of hydrogen-bond donors (Lipinski definition) is 1. The molecule has 3 heterocycles. The van der Waals surface area contributed by atoms with Crippen molar-refractivity contribution in [2.45, 2.75) is 53.4 Å². The van der Waals surface area contributed by atoms with Crippen molar-refractivity contribution in [2.24, 2.45) is 5.41 Å². The number of nitrogens with zero attached hydrogens (tertiary/aromatic N) is 4. The van der Waals surface area contributed by atoms with E-state index in [9.17, 15) is 4.79 Å². The van der Waals surface area contributed by atoms with Gasteiger partial charge in [0.25, 0.3) is 0 Å². The molecule has 1 N–H and O–H groups in total. The number of H-pyrrole nitrogens is 1. The smallest absolute Gasteiger partial charge is 0.227 e. The van der Waals surface area contributed by atoms with E-state index in [1.165, 1.54) is 0 Å². The van der Waals surface area contributed by atoms with Crippen LogP contribution in [0.4, 0.5) is 0 Å². The van der Waals surface area contributed by atoms with E-state index < -0.39 is 0 Å². The number of piperidine rings is 1. The Morgan fingerprint density at radius 3 is 2.60 bits per heavy atom. The lowest BCUT2D eigenvalue weighted by Gasteiger charge is -2.36. The number of carbonyl (C=O) groups is 1. The normalized spacial score (nSPS) is 18.4. The lowest BCUT2D eigenvalue weighted by atomic mass is 9.91. The van der Waals surface area contributed by atoms with Crippen LogP contribution in [0.2, 0.25) is 0 Å². The van der Waals surface area contributed by atoms with Gasteiger partial charge in [0.05, 0.1) is 5.69 Å². The van der Waals surface area contributed by atoms with Crippen molar-refractivity contribution < 1.29 is 4.79 Å². The summed E-state index contributed by atoms with van der Waals surface area (Å²) in [6.07, 6.45) is 2.00. The first-order valence-electron chi connectivity index (χ1n) is 8.91. The van der Waals surface area contributed by atoms with Crippen LogP contribution in [0.5, 0.6) is 0 Å². The molecule has 0 aromatic carbocycles. The first-order chi connectivity index (χ1) is 11.7. The Balaban J connectivity index is 1.86. The molecule has 3 rings (SSSR count). The second kappa shape index (κ2) is 6.58. The van der Waals surface area contributed by atoms with E-state index >= 15 is 0 Å². The number of aromatic amines is 1. The predicted octanol–water partition coefficient (Wildman–Crippen LogP) is 3.24. The summed E-state index contributed by atoms with van der Waals surface area (Å²) in [5.41, 5.74) is 3.26. The highest BCUT2D eigenvalue weighted by atomic mass is 16.2. The molecular weight excluding hydrogens is 314 g/mol. The van der Waals surface area contributed by atoms with Crippen LogP contribution in [0.25, 0.3) is 11.4 Å². The number of hydrogen-bond acceptors (Lipinski definition) is 4. The Bertz CT molecular complexity index is 774. The highest BCUT2D eigenvalue weighted by Crippen LogP contribution is 2.29. The monoisotopic (exact) mass is 341 g/mol. The van der Waals surface area contributed by atoms with Crippen LogP contribution in [-0.4, -0.2) is 44.1 Å². The van der Waals surface area contributed by atoms with Crippen LogP contribution in [0.1, 0.15) is 56.7 Å². The van der Waals surface area contributed by atoms with Crippen molar-refractivity contribution in [1.29, 1.82) is 0 Å². The highest BCUT2D eigenvalue weighted by molar-refractivity contribution is 5.81. The molecule has 1 saturated heterocycles. The Kier molecular flexibility index (Phi) is 4.62. The summed E-state index contributed by atoms with van der Waals surface area (Å²) in [6.45, 7) is 11.4. The summed E-state index contributed by atoms with van der Waals surface area (Å²) in [4.78, 5) is 24.0. The van der Waals surface area contributed by atoms with Crippen molar-refractivity contribution in [1.82, 2.24) is 25.1 Å². The molecule has 25 heavy (non-hydrogen) atoms. The van der Waals surface area contributed by atoms with Crippen molar-refractivity contribution in [3.63, 3.8) is 0 Å². The van der Waals surface area contributed by atoms with Crippen molar-refractivity contribution in [3.8, 4) is 11.4 Å². The van der Waals surface area contributed by atoms with E-state index in [0.717, 1.165) is 48.0 Å². The fourth-order valence-electron chi connectivity index (χ4n) is 3.30. The van der Waals surface area contributed by atoms with Crippen LogP contribution in [0.3, 0.4) is 0 Å². The summed E-state index contributed by atoms with van der Waals surface area (Å²) < 4.78 is 0. The molecule has 1 aliphatic rings. The number of rotatable bonds is 2. The third-order valence-corrected chi connectivity index (χ3v) is 4.56. The van der Waals surface area contributed by atoms with Gasteiger partial charge in [-0.1, -0.05) is 20.8 Å². The number of aryl methyl sites for hydroxylation is 2. The van der Waals surface area contributed by atoms with E-state index in [1.54, 1.807) is 0 Å². The molecule has 0 aliphatic carbocycles. The maximum absolute atomic E-state index is 12.6. The second-order valence-electron chi connectivity index (χ2n) is 8.03. The maximum Gasteiger partial charge on any atom is 0.227 e. The topological polar surface area (TPSA) is 74.8 Å². The Morgan fingerprint density at radius 1 is 1.20 bits per heavy atom. The van der Waals surface area contributed by atoms with Crippen LogP contribution in [0, 0.1) is 19.3 Å². The molecule has 1 aliphatic heterocycles. The molecule has 2 aromatic heterocycles. The number of amides is 1. The summed E-state index contributed by atoms with van der Waals surface area (Å²) >= 11 is 0. The minimum atomic E-state index is -0.354. The van der Waals surface area contributed by atoms with E-state index in [1.807, 2.05) is 51.7 Å². The molecule has 1 unspecified atom stereocenters. The molecule has 0 radical (unpaired) electrons. The lowest BCUT2D eigenvalue weighted by molar-refractivity contribution is -0.140. The predicted molar refractivity (Wildman–Crippen MR) is 97.1 cm³/mol. The Morgan fingerprint density at radius 2 is 1.96 bits per heavy atom. The average molecular weight is 341 g/mol. The second-order valence-corrected chi connectivity index (χ2v) is 8.03. The van der Waals surface area contributed by atoms with Gasteiger partial charge in [-0.3, -0.25) is 9.89 Å². The van der Waals surface area contributed by atoms with Crippen molar-refractivity contribution in [2.75, 3.05) is 13.1 Å². The van der Waals surface area contributed by atoms with E-state index in [2.05, 4.69) is 15.2 Å². The van der Waals surface area contributed by atoms with Gasteiger partial charge in [0.2, 0.25) is 5.91 Å². The van der Waals surface area contributed by atoms with E-state index in [4.69, 9.17) is 4.98 Å². The SMILES string of the molecule is Cc1cc(-c2cc(C)[nH]n2)nc(C2CCCN(C(=O)C(C)(C)C)C2)n1. The number of aromatic nitrogens is 4. The van der Waals surface area contributed by atoms with E-state index in [0.29, 0.717) is 6.54 Å². The largest absolute Gasteiger partial charge is 0.342 e. The number of carbonyl (C=O) groups excluding carboxylic acids is 1. The summed E-state index contributed by atoms with van der Waals surface area (Å²) in [5.74, 6) is 1.20. The van der Waals surface area contributed by atoms with Gasteiger partial charge >= 0.3 is 0 Å². The third-order valence-electron chi connectivity index (χ3n) is 4.56. The molecule has 6 heteroatoms. The van der Waals surface area contributed by atoms with Gasteiger partial charge in [0, 0.05) is 35.8 Å². The van der Waals surface area contributed by atoms with Gasteiger partial charge in [-0.2, -0.15) is 5.10 Å². The minimum absolute atomic E-state index is 0.179. The van der Waals surface area contributed by atoms with Gasteiger partial charge in [0.15, 0.2) is 0 Å². The van der Waals surface area contributed by atoms with Gasteiger partial charge in [0.1, 0.15) is 11.5 Å². The quantitative estimate of drug-likeness (QED) is 0.910. The van der Waals surface area contributed by atoms with Gasteiger partial charge < -0.3 is 4.90 Å². The zero-order chi connectivity index (χ0) is 18.2. The molecule has 0 saturated carbocycles. The molecule has 1 amide bonds. The first kappa shape index (κ1) is 17.6. The highest BCUT2D eigenvalue weighted by Gasteiger charge is 2.32. The van der Waals surface area contributed by atoms with Crippen molar-refractivity contribution in [3.05, 3.63) is 29.3 Å². The first-order valence-corrected chi connectivity index (χ1v) is 8.91. The fraction of sp³-hybridized carbons (Fsp3) is 0.579. The lowest BCUT2D eigenvalue weighted by Crippen LogP contribution is -2.44. The fourth-order valence-corrected chi connectivity index (χ4v) is 3.30. The molecule has 2 aromatic rings. The van der Waals surface area contributed by atoms with Gasteiger partial charge in [-0.15, -0.1) is 0 Å². The zero-order valence-electron chi connectivity index (χ0n) is 15.8. The van der Waals surface area contributed by atoms with Crippen LogP contribution in [0.15, 0.2) is 12.1 Å². The standard InChI is InChI=1S/C19H27N5O/c1-12-9-15(16-10-13(2)22-23-16)21-17(20-12)14-7-6-8-24(11-14)18(25)19(3,4)5/h9-10,14H,6-8,11H2,1-5H3,(H,22,23). The minimum Gasteiger partial charge on any atom is -0.342 e. The third kappa shape index (κ3) is 3.89. The molecule has 134 valence electrons. The Hall–Kier alpha value is -2.24. The average Bonchev–Trinajstić information content (AvgIpc) is 2.99. The van der Waals surface area contributed by atoms with Crippen LogP contribution in [-0.2, 0) is 4.79 Å². The molecule has 1 atom stereocenters. The molecule has 6 nitrogen and oxygen atoms in total. The van der Waals surface area contributed by atoms with Crippen LogP contribution < -0.4 is 0 Å². The zero-order valence-corrected chi connectivity index (χ0v) is 15.8. The van der Waals surface area contributed by atoms with Gasteiger partial charge in [-0.25, -0.2) is 9.97 Å². The van der Waals surface area contributed by atoms with Gasteiger partial charge in [-0.05, 0) is 38.8 Å². The van der Waals surface area contributed by atoms with E-state index in [-0.39, 0.29) is 17.2 Å². The molecule has 0 bridgehead atoms. The van der Waals surface area contributed by atoms with Crippen LogP contribution >= 0.6 is 0 Å².